The molecule has 0 unspecified atom stereocenters. The Morgan fingerprint density at radius 2 is 2.05 bits per heavy atom. The molecule has 0 aliphatic rings. The first-order valence-electron chi connectivity index (χ1n) is 5.81. The fourth-order valence-electron chi connectivity index (χ4n) is 1.88. The minimum absolute atomic E-state index is 0.280. The Labute approximate surface area is 110 Å². The molecular weight excluding hydrogens is 248 g/mol. The standard InChI is InChI=1S/C13H16N2O4/c1-8-9(2)19-13(16)15(8)7-10-12(18-4)11(17-3)5-6-14-10/h5-6H,7H2,1-4H3. The fraction of sp³-hybridized carbons (Fsp3) is 0.385. The molecule has 0 fully saturated rings. The van der Waals surface area contributed by atoms with Crippen LogP contribution < -0.4 is 15.2 Å². The van der Waals surface area contributed by atoms with Crippen LogP contribution in [-0.2, 0) is 6.54 Å². The summed E-state index contributed by atoms with van der Waals surface area (Å²) in [6, 6.07) is 1.71. The molecule has 0 saturated heterocycles. The largest absolute Gasteiger partial charge is 0.493 e. The zero-order valence-corrected chi connectivity index (χ0v) is 11.4. The number of pyridine rings is 1. The van der Waals surface area contributed by atoms with E-state index in [9.17, 15) is 4.79 Å². The van der Waals surface area contributed by atoms with Crippen molar-refractivity contribution in [1.29, 1.82) is 0 Å². The lowest BCUT2D eigenvalue weighted by Crippen LogP contribution is -2.17. The average molecular weight is 264 g/mol. The maximum atomic E-state index is 11.7. The SMILES string of the molecule is COc1ccnc(Cn2c(C)c(C)oc2=O)c1OC. The molecule has 2 heterocycles. The van der Waals surface area contributed by atoms with Crippen LogP contribution in [0.1, 0.15) is 17.1 Å². The van der Waals surface area contributed by atoms with Gasteiger partial charge in [0.2, 0.25) is 0 Å². The normalized spacial score (nSPS) is 10.5. The van der Waals surface area contributed by atoms with Crippen LogP contribution in [0.2, 0.25) is 0 Å². The van der Waals surface area contributed by atoms with E-state index in [1.807, 2.05) is 6.92 Å². The molecule has 0 spiro atoms. The number of hydrogen-bond acceptors (Lipinski definition) is 5. The summed E-state index contributed by atoms with van der Waals surface area (Å²) in [5.41, 5.74) is 1.39. The van der Waals surface area contributed by atoms with Crippen molar-refractivity contribution in [3.63, 3.8) is 0 Å². The fourth-order valence-corrected chi connectivity index (χ4v) is 1.88. The Hall–Kier alpha value is -2.24. The third-order valence-electron chi connectivity index (χ3n) is 3.05. The van der Waals surface area contributed by atoms with Gasteiger partial charge in [0.1, 0.15) is 11.5 Å². The van der Waals surface area contributed by atoms with Gasteiger partial charge in [0.15, 0.2) is 11.5 Å². The highest BCUT2D eigenvalue weighted by Gasteiger charge is 2.15. The molecule has 0 N–H and O–H groups in total. The predicted octanol–water partition coefficient (Wildman–Crippen LogP) is 1.52. The molecule has 0 aliphatic heterocycles. The molecule has 2 aromatic rings. The van der Waals surface area contributed by atoms with Crippen molar-refractivity contribution in [1.82, 2.24) is 9.55 Å². The van der Waals surface area contributed by atoms with E-state index in [1.54, 1.807) is 33.4 Å². The maximum absolute atomic E-state index is 11.7. The summed E-state index contributed by atoms with van der Waals surface area (Å²) in [4.78, 5) is 16.0. The number of ether oxygens (including phenoxy) is 2. The lowest BCUT2D eigenvalue weighted by molar-refractivity contribution is 0.347. The second kappa shape index (κ2) is 5.17. The molecule has 2 aromatic heterocycles. The molecule has 0 amide bonds. The van der Waals surface area contributed by atoms with E-state index in [0.29, 0.717) is 23.0 Å². The predicted molar refractivity (Wildman–Crippen MR) is 68.9 cm³/mol. The molecular formula is C13H16N2O4. The van der Waals surface area contributed by atoms with E-state index in [0.717, 1.165) is 5.69 Å². The van der Waals surface area contributed by atoms with Gasteiger partial charge in [-0.15, -0.1) is 0 Å². The van der Waals surface area contributed by atoms with E-state index >= 15 is 0 Å². The van der Waals surface area contributed by atoms with Crippen molar-refractivity contribution >= 4 is 0 Å². The first-order valence-corrected chi connectivity index (χ1v) is 5.81. The molecule has 2 rings (SSSR count). The second-order valence-corrected chi connectivity index (χ2v) is 4.09. The molecule has 0 atom stereocenters. The first kappa shape index (κ1) is 13.2. The molecule has 19 heavy (non-hydrogen) atoms. The van der Waals surface area contributed by atoms with Gasteiger partial charge in [0.05, 0.1) is 26.5 Å². The van der Waals surface area contributed by atoms with Crippen LogP contribution in [-0.4, -0.2) is 23.8 Å². The number of methoxy groups -OCH3 is 2. The Morgan fingerprint density at radius 1 is 1.32 bits per heavy atom. The van der Waals surface area contributed by atoms with Crippen LogP contribution in [0, 0.1) is 13.8 Å². The van der Waals surface area contributed by atoms with Crippen molar-refractivity contribution in [2.24, 2.45) is 0 Å². The number of oxazole rings is 1. The summed E-state index contributed by atoms with van der Waals surface area (Å²) in [6.07, 6.45) is 1.62. The molecule has 6 heteroatoms. The zero-order valence-electron chi connectivity index (χ0n) is 11.4. The molecule has 0 bridgehead atoms. The van der Waals surface area contributed by atoms with Gasteiger partial charge < -0.3 is 13.9 Å². The summed E-state index contributed by atoms with van der Waals surface area (Å²) in [5.74, 6) is 1.31. The number of hydrogen-bond donors (Lipinski definition) is 0. The van der Waals surface area contributed by atoms with E-state index in [1.165, 1.54) is 4.57 Å². The molecule has 0 aliphatic carbocycles. The average Bonchev–Trinajstić information content (AvgIpc) is 2.65. The van der Waals surface area contributed by atoms with Crippen molar-refractivity contribution < 1.29 is 13.9 Å². The zero-order chi connectivity index (χ0) is 14.0. The highest BCUT2D eigenvalue weighted by molar-refractivity contribution is 5.42. The summed E-state index contributed by atoms with van der Waals surface area (Å²) < 4.78 is 17.1. The van der Waals surface area contributed by atoms with Crippen molar-refractivity contribution in [2.45, 2.75) is 20.4 Å². The first-order chi connectivity index (χ1) is 9.08. The number of nitrogens with zero attached hydrogens (tertiary/aromatic N) is 2. The lowest BCUT2D eigenvalue weighted by atomic mass is 10.3. The van der Waals surface area contributed by atoms with Crippen molar-refractivity contribution in [2.75, 3.05) is 14.2 Å². The highest BCUT2D eigenvalue weighted by atomic mass is 16.5. The third-order valence-corrected chi connectivity index (χ3v) is 3.05. The Bertz CT molecular complexity index is 643. The monoisotopic (exact) mass is 264 g/mol. The number of aryl methyl sites for hydroxylation is 1. The van der Waals surface area contributed by atoms with Gasteiger partial charge in [0, 0.05) is 12.3 Å². The molecule has 6 nitrogen and oxygen atoms in total. The van der Waals surface area contributed by atoms with Crippen LogP contribution in [0.3, 0.4) is 0 Å². The number of rotatable bonds is 4. The van der Waals surface area contributed by atoms with E-state index < -0.39 is 5.76 Å². The van der Waals surface area contributed by atoms with Crippen molar-refractivity contribution in [3.8, 4) is 11.5 Å². The summed E-state index contributed by atoms with van der Waals surface area (Å²) in [5, 5.41) is 0. The quantitative estimate of drug-likeness (QED) is 0.837. The van der Waals surface area contributed by atoms with Crippen LogP contribution in [0.25, 0.3) is 0 Å². The van der Waals surface area contributed by atoms with Crippen LogP contribution in [0.4, 0.5) is 0 Å². The lowest BCUT2D eigenvalue weighted by Gasteiger charge is -2.11. The van der Waals surface area contributed by atoms with Gasteiger partial charge in [0.25, 0.3) is 0 Å². The molecule has 0 radical (unpaired) electrons. The van der Waals surface area contributed by atoms with Gasteiger partial charge >= 0.3 is 5.76 Å². The second-order valence-electron chi connectivity index (χ2n) is 4.09. The Balaban J connectivity index is 2.46. The van der Waals surface area contributed by atoms with Crippen molar-refractivity contribution in [3.05, 3.63) is 40.0 Å². The minimum atomic E-state index is -0.401. The van der Waals surface area contributed by atoms with Crippen LogP contribution >= 0.6 is 0 Å². The maximum Gasteiger partial charge on any atom is 0.419 e. The smallest absolute Gasteiger partial charge is 0.419 e. The molecule has 0 aromatic carbocycles. The summed E-state index contributed by atoms with van der Waals surface area (Å²) in [6.45, 7) is 3.86. The van der Waals surface area contributed by atoms with Gasteiger partial charge in [-0.05, 0) is 13.8 Å². The summed E-state index contributed by atoms with van der Waals surface area (Å²) >= 11 is 0. The van der Waals surface area contributed by atoms with Crippen LogP contribution in [0.5, 0.6) is 11.5 Å². The molecule has 102 valence electrons. The third kappa shape index (κ3) is 2.33. The number of aromatic nitrogens is 2. The van der Waals surface area contributed by atoms with E-state index in [-0.39, 0.29) is 6.54 Å². The topological polar surface area (TPSA) is 66.5 Å². The summed E-state index contributed by atoms with van der Waals surface area (Å²) in [7, 11) is 3.10. The van der Waals surface area contributed by atoms with E-state index in [2.05, 4.69) is 4.98 Å². The van der Waals surface area contributed by atoms with Gasteiger partial charge in [-0.3, -0.25) is 9.55 Å². The Kier molecular flexibility index (Phi) is 3.59. The minimum Gasteiger partial charge on any atom is -0.493 e. The van der Waals surface area contributed by atoms with E-state index in [4.69, 9.17) is 13.9 Å². The highest BCUT2D eigenvalue weighted by Crippen LogP contribution is 2.29. The van der Waals surface area contributed by atoms with Crippen LogP contribution in [0.15, 0.2) is 21.5 Å². The Morgan fingerprint density at radius 3 is 2.58 bits per heavy atom. The van der Waals surface area contributed by atoms with Gasteiger partial charge in [-0.1, -0.05) is 0 Å². The van der Waals surface area contributed by atoms with Gasteiger partial charge in [-0.25, -0.2) is 4.79 Å². The van der Waals surface area contributed by atoms with Gasteiger partial charge in [-0.2, -0.15) is 0 Å². The molecule has 0 saturated carbocycles.